The molecular weight excluding hydrogens is 200 g/mol. The predicted octanol–water partition coefficient (Wildman–Crippen LogP) is 3.88. The lowest BCUT2D eigenvalue weighted by molar-refractivity contribution is -0.143. The Hall–Kier alpha value is -0.370. The average molecular weight is 226 g/mol. The Morgan fingerprint density at radius 2 is 1.75 bits per heavy atom. The van der Waals surface area contributed by atoms with Crippen molar-refractivity contribution in [1.29, 1.82) is 0 Å². The van der Waals surface area contributed by atoms with Gasteiger partial charge in [-0.05, 0) is 19.3 Å². The third kappa shape index (κ3) is 3.58. The van der Waals surface area contributed by atoms with Gasteiger partial charge in [-0.1, -0.05) is 45.4 Å². The van der Waals surface area contributed by atoms with Gasteiger partial charge in [-0.3, -0.25) is 4.79 Å². The summed E-state index contributed by atoms with van der Waals surface area (Å²) >= 11 is 0. The zero-order valence-corrected chi connectivity index (χ0v) is 10.9. The Morgan fingerprint density at radius 1 is 1.12 bits per heavy atom. The first kappa shape index (κ1) is 13.7. The van der Waals surface area contributed by atoms with Crippen LogP contribution < -0.4 is 0 Å². The monoisotopic (exact) mass is 226 g/mol. The standard InChI is InChI=1S/C14H26O2/c1-3-4-7-10-13(15)14(16-2)11-8-5-6-9-12-14/h3-12H2,1-2H3. The molecule has 0 heterocycles. The molecular formula is C14H26O2. The summed E-state index contributed by atoms with van der Waals surface area (Å²) in [6, 6.07) is 0. The number of carbonyl (C=O) groups is 1. The van der Waals surface area contributed by atoms with Crippen molar-refractivity contribution in [2.45, 2.75) is 76.7 Å². The van der Waals surface area contributed by atoms with Gasteiger partial charge >= 0.3 is 0 Å². The van der Waals surface area contributed by atoms with Crippen LogP contribution in [0.15, 0.2) is 0 Å². The Morgan fingerprint density at radius 3 is 2.25 bits per heavy atom. The maximum atomic E-state index is 12.3. The Kier molecular flexibility index (Phi) is 6.04. The largest absolute Gasteiger partial charge is 0.370 e. The molecule has 1 saturated carbocycles. The van der Waals surface area contributed by atoms with Gasteiger partial charge in [0.05, 0.1) is 0 Å². The number of ketones is 1. The van der Waals surface area contributed by atoms with Gasteiger partial charge in [-0.2, -0.15) is 0 Å². The minimum absolute atomic E-state index is 0.352. The molecule has 1 aliphatic rings. The van der Waals surface area contributed by atoms with Gasteiger partial charge in [0.15, 0.2) is 5.78 Å². The molecule has 0 spiro atoms. The van der Waals surface area contributed by atoms with E-state index in [0.29, 0.717) is 12.2 Å². The van der Waals surface area contributed by atoms with E-state index in [1.807, 2.05) is 0 Å². The number of hydrogen-bond donors (Lipinski definition) is 0. The summed E-state index contributed by atoms with van der Waals surface area (Å²) in [4.78, 5) is 12.3. The molecule has 1 aliphatic carbocycles. The summed E-state index contributed by atoms with van der Waals surface area (Å²) in [6.07, 6.45) is 10.8. The van der Waals surface area contributed by atoms with Gasteiger partial charge in [-0.25, -0.2) is 0 Å². The van der Waals surface area contributed by atoms with Crippen LogP contribution in [0.1, 0.15) is 71.1 Å². The molecule has 1 fully saturated rings. The molecule has 0 aromatic rings. The zero-order valence-electron chi connectivity index (χ0n) is 10.9. The van der Waals surface area contributed by atoms with E-state index in [9.17, 15) is 4.79 Å². The number of carbonyl (C=O) groups excluding carboxylic acids is 1. The molecule has 1 rings (SSSR count). The number of methoxy groups -OCH3 is 1. The SMILES string of the molecule is CCCCCC(=O)C1(OC)CCCCCC1. The minimum Gasteiger partial charge on any atom is -0.370 e. The van der Waals surface area contributed by atoms with Gasteiger partial charge in [0, 0.05) is 13.5 Å². The predicted molar refractivity (Wildman–Crippen MR) is 66.6 cm³/mol. The van der Waals surface area contributed by atoms with E-state index in [1.165, 1.54) is 19.3 Å². The van der Waals surface area contributed by atoms with Gasteiger partial charge < -0.3 is 4.74 Å². The third-order valence-corrected chi connectivity index (χ3v) is 3.82. The second-order valence-corrected chi connectivity index (χ2v) is 4.99. The number of Topliss-reactive ketones (excluding diaryl/α,β-unsaturated/α-hetero) is 1. The summed E-state index contributed by atoms with van der Waals surface area (Å²) in [5.41, 5.74) is -0.426. The fourth-order valence-corrected chi connectivity index (χ4v) is 2.66. The second kappa shape index (κ2) is 7.05. The van der Waals surface area contributed by atoms with Crippen molar-refractivity contribution in [3.8, 4) is 0 Å². The lowest BCUT2D eigenvalue weighted by atomic mass is 9.87. The highest BCUT2D eigenvalue weighted by Crippen LogP contribution is 2.32. The van der Waals surface area contributed by atoms with Crippen molar-refractivity contribution in [3.63, 3.8) is 0 Å². The summed E-state index contributed by atoms with van der Waals surface area (Å²) in [5.74, 6) is 0.352. The topological polar surface area (TPSA) is 26.3 Å². The maximum absolute atomic E-state index is 12.3. The molecule has 0 radical (unpaired) electrons. The summed E-state index contributed by atoms with van der Waals surface area (Å²) < 4.78 is 5.60. The number of rotatable bonds is 6. The van der Waals surface area contributed by atoms with Gasteiger partial charge in [0.1, 0.15) is 5.60 Å². The normalized spacial score (nSPS) is 20.4. The molecule has 16 heavy (non-hydrogen) atoms. The first-order valence-corrected chi connectivity index (χ1v) is 6.83. The second-order valence-electron chi connectivity index (χ2n) is 4.99. The zero-order chi connectivity index (χ0) is 11.9. The average Bonchev–Trinajstić information content (AvgIpc) is 2.55. The van der Waals surface area contributed by atoms with E-state index in [2.05, 4.69) is 6.92 Å². The van der Waals surface area contributed by atoms with Gasteiger partial charge in [0.25, 0.3) is 0 Å². The van der Waals surface area contributed by atoms with Crippen LogP contribution in [0.5, 0.6) is 0 Å². The highest BCUT2D eigenvalue weighted by atomic mass is 16.5. The number of ether oxygens (including phenoxy) is 1. The lowest BCUT2D eigenvalue weighted by Crippen LogP contribution is -2.40. The number of hydrogen-bond acceptors (Lipinski definition) is 2. The quantitative estimate of drug-likeness (QED) is 0.507. The van der Waals surface area contributed by atoms with Crippen molar-refractivity contribution in [2.24, 2.45) is 0 Å². The fraction of sp³-hybridized carbons (Fsp3) is 0.929. The molecule has 94 valence electrons. The van der Waals surface area contributed by atoms with Crippen LogP contribution in [0, 0.1) is 0 Å². The van der Waals surface area contributed by atoms with Crippen LogP contribution in [-0.2, 0) is 9.53 Å². The summed E-state index contributed by atoms with van der Waals surface area (Å²) in [5, 5.41) is 0. The Labute approximate surface area is 99.8 Å². The van der Waals surface area contributed by atoms with Crippen molar-refractivity contribution in [2.75, 3.05) is 7.11 Å². The van der Waals surface area contributed by atoms with Crippen LogP contribution in [0.25, 0.3) is 0 Å². The molecule has 2 heteroatoms. The van der Waals surface area contributed by atoms with E-state index in [0.717, 1.165) is 38.5 Å². The van der Waals surface area contributed by atoms with E-state index < -0.39 is 5.60 Å². The lowest BCUT2D eigenvalue weighted by Gasteiger charge is -2.29. The molecule has 2 nitrogen and oxygen atoms in total. The van der Waals surface area contributed by atoms with Crippen molar-refractivity contribution in [3.05, 3.63) is 0 Å². The summed E-state index contributed by atoms with van der Waals surface area (Å²) in [6.45, 7) is 2.17. The van der Waals surface area contributed by atoms with Crippen LogP contribution in [0.4, 0.5) is 0 Å². The van der Waals surface area contributed by atoms with Crippen LogP contribution in [0.2, 0.25) is 0 Å². The fourth-order valence-electron chi connectivity index (χ4n) is 2.66. The Balaban J connectivity index is 2.51. The Bertz CT molecular complexity index is 203. The molecule has 0 amide bonds. The third-order valence-electron chi connectivity index (χ3n) is 3.82. The van der Waals surface area contributed by atoms with Crippen molar-refractivity contribution < 1.29 is 9.53 Å². The van der Waals surface area contributed by atoms with E-state index in [-0.39, 0.29) is 0 Å². The molecule has 0 unspecified atom stereocenters. The van der Waals surface area contributed by atoms with Crippen LogP contribution >= 0.6 is 0 Å². The molecule has 0 aromatic heterocycles. The van der Waals surface area contributed by atoms with Crippen LogP contribution in [0.3, 0.4) is 0 Å². The summed E-state index contributed by atoms with van der Waals surface area (Å²) in [7, 11) is 1.71. The highest BCUT2D eigenvalue weighted by molar-refractivity contribution is 5.87. The first-order valence-electron chi connectivity index (χ1n) is 6.83. The van der Waals surface area contributed by atoms with E-state index in [4.69, 9.17) is 4.74 Å². The number of unbranched alkanes of at least 4 members (excludes halogenated alkanes) is 2. The minimum atomic E-state index is -0.426. The molecule has 0 saturated heterocycles. The maximum Gasteiger partial charge on any atom is 0.164 e. The molecule has 0 atom stereocenters. The molecule has 0 aliphatic heterocycles. The van der Waals surface area contributed by atoms with Crippen LogP contribution in [-0.4, -0.2) is 18.5 Å². The molecule has 0 bridgehead atoms. The smallest absolute Gasteiger partial charge is 0.164 e. The highest BCUT2D eigenvalue weighted by Gasteiger charge is 2.37. The van der Waals surface area contributed by atoms with Gasteiger partial charge in [-0.15, -0.1) is 0 Å². The van der Waals surface area contributed by atoms with E-state index in [1.54, 1.807) is 7.11 Å². The molecule has 0 aromatic carbocycles. The first-order chi connectivity index (χ1) is 7.75. The van der Waals surface area contributed by atoms with E-state index >= 15 is 0 Å². The molecule has 0 N–H and O–H groups in total. The van der Waals surface area contributed by atoms with Gasteiger partial charge in [0.2, 0.25) is 0 Å². The van der Waals surface area contributed by atoms with Crippen molar-refractivity contribution in [1.82, 2.24) is 0 Å². The van der Waals surface area contributed by atoms with Crippen molar-refractivity contribution >= 4 is 5.78 Å².